The maximum atomic E-state index is 11.4. The Morgan fingerprint density at radius 2 is 2.09 bits per heavy atom. The van der Waals surface area contributed by atoms with Gasteiger partial charge in [0.15, 0.2) is 0 Å². The molecular weight excluding hydrogens is 288 g/mol. The van der Waals surface area contributed by atoms with Crippen LogP contribution < -0.4 is 15.8 Å². The number of anilines is 1. The highest BCUT2D eigenvalue weighted by molar-refractivity contribution is 5.94. The maximum absolute atomic E-state index is 11.4. The molecule has 4 nitrogen and oxygen atoms in total. The molecule has 1 heterocycles. The number of hydrogen-bond donors (Lipinski definition) is 2. The summed E-state index contributed by atoms with van der Waals surface area (Å²) < 4.78 is 6.12. The lowest BCUT2D eigenvalue weighted by Gasteiger charge is -2.37. The molecular formula is C19H20N2O2. The van der Waals surface area contributed by atoms with E-state index < -0.39 is 5.91 Å². The van der Waals surface area contributed by atoms with Gasteiger partial charge >= 0.3 is 0 Å². The number of aryl methyl sites for hydroxylation is 1. The van der Waals surface area contributed by atoms with Crippen molar-refractivity contribution in [3.63, 3.8) is 0 Å². The number of nitrogens with one attached hydrogen (secondary N) is 1. The number of benzene rings is 2. The molecule has 4 rings (SSSR count). The number of rotatable bonds is 1. The summed E-state index contributed by atoms with van der Waals surface area (Å²) in [6.07, 6.45) is 3.41. The molecule has 2 aromatic carbocycles. The topological polar surface area (TPSA) is 64.4 Å². The van der Waals surface area contributed by atoms with E-state index in [1.165, 1.54) is 17.5 Å². The number of nitrogens with two attached hydrogens (primary N) is 1. The van der Waals surface area contributed by atoms with Crippen LogP contribution in [0.25, 0.3) is 0 Å². The van der Waals surface area contributed by atoms with Gasteiger partial charge in [-0.05, 0) is 48.6 Å². The van der Waals surface area contributed by atoms with E-state index >= 15 is 0 Å². The number of fused-ring (bicyclic) bond motifs is 3. The third kappa shape index (κ3) is 2.34. The highest BCUT2D eigenvalue weighted by atomic mass is 16.5. The van der Waals surface area contributed by atoms with Gasteiger partial charge in [-0.2, -0.15) is 0 Å². The lowest BCUT2D eigenvalue weighted by atomic mass is 9.70. The van der Waals surface area contributed by atoms with Crippen molar-refractivity contribution in [2.75, 3.05) is 18.5 Å². The second-order valence-electron chi connectivity index (χ2n) is 6.51. The van der Waals surface area contributed by atoms with Crippen LogP contribution in [-0.4, -0.2) is 19.1 Å². The van der Waals surface area contributed by atoms with E-state index in [0.717, 1.165) is 30.8 Å². The van der Waals surface area contributed by atoms with Crippen molar-refractivity contribution in [3.8, 4) is 5.75 Å². The van der Waals surface area contributed by atoms with Gasteiger partial charge in [-0.25, -0.2) is 0 Å². The van der Waals surface area contributed by atoms with Crippen LogP contribution in [0.2, 0.25) is 0 Å². The van der Waals surface area contributed by atoms with Gasteiger partial charge in [-0.15, -0.1) is 0 Å². The summed E-state index contributed by atoms with van der Waals surface area (Å²) in [7, 11) is 0. The predicted octanol–water partition coefficient (Wildman–Crippen LogP) is 2.86. The van der Waals surface area contributed by atoms with Crippen molar-refractivity contribution in [1.29, 1.82) is 0 Å². The zero-order valence-corrected chi connectivity index (χ0v) is 13.0. The maximum Gasteiger partial charge on any atom is 0.248 e. The Kier molecular flexibility index (Phi) is 3.26. The molecule has 1 spiro atoms. The Hall–Kier alpha value is -2.49. The molecule has 0 radical (unpaired) electrons. The summed E-state index contributed by atoms with van der Waals surface area (Å²) in [5, 5.41) is 3.49. The Labute approximate surface area is 135 Å². The molecule has 23 heavy (non-hydrogen) atoms. The van der Waals surface area contributed by atoms with Crippen molar-refractivity contribution in [3.05, 3.63) is 59.2 Å². The molecule has 0 bridgehead atoms. The van der Waals surface area contributed by atoms with Crippen LogP contribution in [0.15, 0.2) is 42.5 Å². The van der Waals surface area contributed by atoms with Crippen molar-refractivity contribution in [2.45, 2.75) is 24.7 Å². The number of hydrogen-bond acceptors (Lipinski definition) is 3. The average Bonchev–Trinajstić information content (AvgIpc) is 2.76. The Morgan fingerprint density at radius 3 is 2.96 bits per heavy atom. The number of amides is 1. The highest BCUT2D eigenvalue weighted by Crippen LogP contribution is 2.41. The SMILES string of the molecule is NC(=O)c1ccc2c(c1)NCC1(CCCc3ccccc31)CO2. The van der Waals surface area contributed by atoms with Crippen LogP contribution in [0.3, 0.4) is 0 Å². The number of ether oxygens (including phenoxy) is 1. The van der Waals surface area contributed by atoms with Gasteiger partial charge in [-0.1, -0.05) is 24.3 Å². The Balaban J connectivity index is 1.70. The fourth-order valence-corrected chi connectivity index (χ4v) is 3.82. The molecule has 3 N–H and O–H groups in total. The quantitative estimate of drug-likeness (QED) is 0.851. The molecule has 2 aliphatic rings. The van der Waals surface area contributed by atoms with Crippen LogP contribution in [0.1, 0.15) is 34.3 Å². The minimum atomic E-state index is -0.420. The van der Waals surface area contributed by atoms with E-state index in [-0.39, 0.29) is 5.41 Å². The molecule has 1 amide bonds. The molecule has 0 fully saturated rings. The third-order valence-corrected chi connectivity index (χ3v) is 5.08. The molecule has 1 atom stereocenters. The Bertz CT molecular complexity index is 772. The van der Waals surface area contributed by atoms with Crippen LogP contribution in [0.4, 0.5) is 5.69 Å². The summed E-state index contributed by atoms with van der Waals surface area (Å²) in [4.78, 5) is 11.4. The minimum Gasteiger partial charge on any atom is -0.490 e. The fraction of sp³-hybridized carbons (Fsp3) is 0.316. The molecule has 118 valence electrons. The molecule has 1 aliphatic carbocycles. The fourth-order valence-electron chi connectivity index (χ4n) is 3.82. The van der Waals surface area contributed by atoms with Crippen molar-refractivity contribution >= 4 is 11.6 Å². The second-order valence-corrected chi connectivity index (χ2v) is 6.51. The van der Waals surface area contributed by atoms with E-state index in [9.17, 15) is 4.79 Å². The van der Waals surface area contributed by atoms with Gasteiger partial charge < -0.3 is 15.8 Å². The second kappa shape index (κ2) is 5.30. The number of carbonyl (C=O) groups excluding carboxylic acids is 1. The summed E-state index contributed by atoms with van der Waals surface area (Å²) in [5.74, 6) is 0.367. The highest BCUT2D eigenvalue weighted by Gasteiger charge is 2.39. The van der Waals surface area contributed by atoms with Crippen molar-refractivity contribution in [1.82, 2.24) is 0 Å². The number of primary amides is 1. The molecule has 0 saturated heterocycles. The molecule has 0 saturated carbocycles. The molecule has 1 aliphatic heterocycles. The molecule has 1 unspecified atom stereocenters. The first-order valence-electron chi connectivity index (χ1n) is 8.07. The first-order chi connectivity index (χ1) is 11.2. The van der Waals surface area contributed by atoms with Crippen LogP contribution in [0, 0.1) is 0 Å². The standard InChI is InChI=1S/C19H20N2O2/c20-18(22)14-7-8-17-16(10-14)21-11-19(12-23-17)9-3-5-13-4-1-2-6-15(13)19/h1-2,4,6-8,10,21H,3,5,9,11-12H2,(H2,20,22). The summed E-state index contributed by atoms with van der Waals surface area (Å²) in [5.41, 5.74) is 9.53. The van der Waals surface area contributed by atoms with Gasteiger partial charge in [0.25, 0.3) is 0 Å². The van der Waals surface area contributed by atoms with E-state index in [1.54, 1.807) is 12.1 Å². The minimum absolute atomic E-state index is 0.0131. The van der Waals surface area contributed by atoms with Gasteiger partial charge in [0, 0.05) is 17.5 Å². The van der Waals surface area contributed by atoms with Gasteiger partial charge in [0.2, 0.25) is 5.91 Å². The van der Waals surface area contributed by atoms with E-state index in [1.807, 2.05) is 6.07 Å². The average molecular weight is 308 g/mol. The normalized spacial score (nSPS) is 22.3. The first-order valence-corrected chi connectivity index (χ1v) is 8.07. The molecule has 2 aromatic rings. The first kappa shape index (κ1) is 14.1. The molecule has 4 heteroatoms. The predicted molar refractivity (Wildman–Crippen MR) is 90.0 cm³/mol. The Morgan fingerprint density at radius 1 is 1.22 bits per heavy atom. The van der Waals surface area contributed by atoms with Crippen molar-refractivity contribution < 1.29 is 9.53 Å². The van der Waals surface area contributed by atoms with E-state index in [4.69, 9.17) is 10.5 Å². The summed E-state index contributed by atoms with van der Waals surface area (Å²) >= 11 is 0. The van der Waals surface area contributed by atoms with E-state index in [2.05, 4.69) is 29.6 Å². The summed E-state index contributed by atoms with van der Waals surface area (Å²) in [6.45, 7) is 1.46. The zero-order chi connectivity index (χ0) is 15.9. The summed E-state index contributed by atoms with van der Waals surface area (Å²) in [6, 6.07) is 14.0. The lowest BCUT2D eigenvalue weighted by Crippen LogP contribution is -2.41. The van der Waals surface area contributed by atoms with Gasteiger partial charge in [-0.3, -0.25) is 4.79 Å². The lowest BCUT2D eigenvalue weighted by molar-refractivity contribution is 0.100. The third-order valence-electron chi connectivity index (χ3n) is 5.08. The monoisotopic (exact) mass is 308 g/mol. The number of carbonyl (C=O) groups is 1. The van der Waals surface area contributed by atoms with Crippen LogP contribution >= 0.6 is 0 Å². The van der Waals surface area contributed by atoms with Gasteiger partial charge in [0.05, 0.1) is 12.3 Å². The molecule has 0 aromatic heterocycles. The van der Waals surface area contributed by atoms with Crippen molar-refractivity contribution in [2.24, 2.45) is 5.73 Å². The van der Waals surface area contributed by atoms with Crippen LogP contribution in [-0.2, 0) is 11.8 Å². The van der Waals surface area contributed by atoms with E-state index in [0.29, 0.717) is 12.2 Å². The smallest absolute Gasteiger partial charge is 0.248 e. The largest absolute Gasteiger partial charge is 0.490 e. The van der Waals surface area contributed by atoms with Gasteiger partial charge in [0.1, 0.15) is 5.75 Å². The zero-order valence-electron chi connectivity index (χ0n) is 13.0. The van der Waals surface area contributed by atoms with Crippen LogP contribution in [0.5, 0.6) is 5.75 Å².